The molecule has 1 aromatic carbocycles. The molecular weight excluding hydrogens is 312 g/mol. The van der Waals surface area contributed by atoms with Crippen LogP contribution in [0.1, 0.15) is 24.8 Å². The van der Waals surface area contributed by atoms with Crippen molar-refractivity contribution in [3.63, 3.8) is 0 Å². The third kappa shape index (κ3) is 4.17. The van der Waals surface area contributed by atoms with Crippen LogP contribution in [0, 0.1) is 0 Å². The molecule has 7 heteroatoms. The van der Waals surface area contributed by atoms with Gasteiger partial charge in [-0.25, -0.2) is 13.1 Å². The molecule has 1 saturated carbocycles. The number of halogens is 1. The van der Waals surface area contributed by atoms with Crippen molar-refractivity contribution in [3.8, 4) is 0 Å². The summed E-state index contributed by atoms with van der Waals surface area (Å²) in [6.07, 6.45) is 2.48. The van der Waals surface area contributed by atoms with Crippen LogP contribution >= 0.6 is 11.6 Å². The summed E-state index contributed by atoms with van der Waals surface area (Å²) in [6.45, 7) is 0.592. The summed E-state index contributed by atoms with van der Waals surface area (Å²) in [5.74, 6) is 0. The number of rotatable bonds is 6. The van der Waals surface area contributed by atoms with Crippen LogP contribution in [0.15, 0.2) is 23.1 Å². The fourth-order valence-corrected chi connectivity index (χ4v) is 4.45. The molecule has 1 aliphatic rings. The highest BCUT2D eigenvalue weighted by molar-refractivity contribution is 7.89. The minimum absolute atomic E-state index is 0.0935. The molecule has 2 N–H and O–H groups in total. The second-order valence-electron chi connectivity index (χ2n) is 5.28. The SMILES string of the molecule is CNCc1ccc(Cl)c(S(=O)(=O)NC2CCC(OC)C2)c1. The zero-order valence-electron chi connectivity index (χ0n) is 12.2. The van der Waals surface area contributed by atoms with Gasteiger partial charge in [-0.1, -0.05) is 17.7 Å². The zero-order valence-corrected chi connectivity index (χ0v) is 13.8. The Balaban J connectivity index is 2.17. The van der Waals surface area contributed by atoms with Crippen molar-refractivity contribution in [1.29, 1.82) is 0 Å². The van der Waals surface area contributed by atoms with E-state index in [1.54, 1.807) is 19.2 Å². The van der Waals surface area contributed by atoms with Gasteiger partial charge in [0, 0.05) is 19.7 Å². The Morgan fingerprint density at radius 3 is 2.76 bits per heavy atom. The molecule has 0 aliphatic heterocycles. The number of hydrogen-bond donors (Lipinski definition) is 2. The Labute approximate surface area is 131 Å². The maximum atomic E-state index is 12.5. The van der Waals surface area contributed by atoms with E-state index in [0.29, 0.717) is 13.0 Å². The summed E-state index contributed by atoms with van der Waals surface area (Å²) in [5.41, 5.74) is 0.878. The van der Waals surface area contributed by atoms with E-state index in [2.05, 4.69) is 10.0 Å². The minimum Gasteiger partial charge on any atom is -0.381 e. The predicted molar refractivity (Wildman–Crippen MR) is 83.0 cm³/mol. The predicted octanol–water partition coefficient (Wildman–Crippen LogP) is 1.91. The van der Waals surface area contributed by atoms with Crippen molar-refractivity contribution in [3.05, 3.63) is 28.8 Å². The highest BCUT2D eigenvalue weighted by Crippen LogP contribution is 2.26. The first kappa shape index (κ1) is 16.7. The van der Waals surface area contributed by atoms with Crippen LogP contribution in [0.3, 0.4) is 0 Å². The second-order valence-corrected chi connectivity index (χ2v) is 7.37. The van der Waals surface area contributed by atoms with E-state index in [0.717, 1.165) is 18.4 Å². The van der Waals surface area contributed by atoms with Crippen LogP contribution in [0.5, 0.6) is 0 Å². The lowest BCUT2D eigenvalue weighted by Gasteiger charge is -2.15. The van der Waals surface area contributed by atoms with Crippen molar-refractivity contribution in [2.24, 2.45) is 0 Å². The third-order valence-electron chi connectivity index (χ3n) is 3.71. The molecule has 1 aromatic rings. The van der Waals surface area contributed by atoms with Gasteiger partial charge in [-0.3, -0.25) is 0 Å². The van der Waals surface area contributed by atoms with Crippen molar-refractivity contribution < 1.29 is 13.2 Å². The number of ether oxygens (including phenoxy) is 1. The van der Waals surface area contributed by atoms with Gasteiger partial charge in [0.15, 0.2) is 0 Å². The van der Waals surface area contributed by atoms with Crippen LogP contribution in [-0.2, 0) is 21.3 Å². The van der Waals surface area contributed by atoms with E-state index >= 15 is 0 Å². The van der Waals surface area contributed by atoms with Crippen LogP contribution in [0.4, 0.5) is 0 Å². The van der Waals surface area contributed by atoms with Gasteiger partial charge >= 0.3 is 0 Å². The lowest BCUT2D eigenvalue weighted by atomic mass is 10.2. The van der Waals surface area contributed by atoms with Crippen LogP contribution in [0.2, 0.25) is 5.02 Å². The number of sulfonamides is 1. The van der Waals surface area contributed by atoms with Gasteiger partial charge in [0.05, 0.1) is 11.1 Å². The standard InChI is InChI=1S/C14H21ClN2O3S/c1-16-9-10-3-6-13(15)14(7-10)21(18,19)17-11-4-5-12(8-11)20-2/h3,6-7,11-12,16-17H,4-5,8-9H2,1-2H3. The Morgan fingerprint density at radius 1 is 1.38 bits per heavy atom. The molecule has 1 aliphatic carbocycles. The zero-order chi connectivity index (χ0) is 15.5. The van der Waals surface area contributed by atoms with E-state index < -0.39 is 10.0 Å². The fraction of sp³-hybridized carbons (Fsp3) is 0.571. The van der Waals surface area contributed by atoms with E-state index in [-0.39, 0.29) is 22.1 Å². The Morgan fingerprint density at radius 2 is 2.14 bits per heavy atom. The molecule has 0 saturated heterocycles. The molecule has 0 spiro atoms. The van der Waals surface area contributed by atoms with Crippen LogP contribution in [0.25, 0.3) is 0 Å². The van der Waals surface area contributed by atoms with Gasteiger partial charge in [-0.2, -0.15) is 0 Å². The number of nitrogens with one attached hydrogen (secondary N) is 2. The monoisotopic (exact) mass is 332 g/mol. The van der Waals surface area contributed by atoms with Crippen molar-refractivity contribution in [2.45, 2.75) is 42.8 Å². The van der Waals surface area contributed by atoms with Gasteiger partial charge in [-0.15, -0.1) is 0 Å². The van der Waals surface area contributed by atoms with Gasteiger partial charge < -0.3 is 10.1 Å². The summed E-state index contributed by atoms with van der Waals surface area (Å²) >= 11 is 6.06. The lowest BCUT2D eigenvalue weighted by molar-refractivity contribution is 0.107. The molecule has 0 bridgehead atoms. The van der Waals surface area contributed by atoms with Gasteiger partial charge in [0.1, 0.15) is 4.90 Å². The molecule has 2 rings (SSSR count). The largest absolute Gasteiger partial charge is 0.381 e. The van der Waals surface area contributed by atoms with Crippen LogP contribution in [-0.4, -0.2) is 34.7 Å². The summed E-state index contributed by atoms with van der Waals surface area (Å²) in [4.78, 5) is 0.137. The lowest BCUT2D eigenvalue weighted by Crippen LogP contribution is -2.33. The summed E-state index contributed by atoms with van der Waals surface area (Å²) in [7, 11) is -0.150. The van der Waals surface area contributed by atoms with Crippen molar-refractivity contribution in [2.75, 3.05) is 14.2 Å². The first-order chi connectivity index (χ1) is 9.96. The van der Waals surface area contributed by atoms with E-state index in [1.807, 2.05) is 13.1 Å². The van der Waals surface area contributed by atoms with Crippen molar-refractivity contribution in [1.82, 2.24) is 10.0 Å². The van der Waals surface area contributed by atoms with Gasteiger partial charge in [-0.05, 0) is 44.0 Å². The second kappa shape index (κ2) is 7.07. The normalized spacial score (nSPS) is 22.6. The third-order valence-corrected chi connectivity index (χ3v) is 5.71. The topological polar surface area (TPSA) is 67.4 Å². The Hall–Kier alpha value is -0.660. The van der Waals surface area contributed by atoms with E-state index in [4.69, 9.17) is 16.3 Å². The molecule has 0 amide bonds. The maximum Gasteiger partial charge on any atom is 0.242 e. The smallest absolute Gasteiger partial charge is 0.242 e. The van der Waals surface area contributed by atoms with E-state index in [1.165, 1.54) is 0 Å². The molecule has 118 valence electrons. The number of methoxy groups -OCH3 is 1. The highest BCUT2D eigenvalue weighted by Gasteiger charge is 2.29. The van der Waals surface area contributed by atoms with Crippen LogP contribution < -0.4 is 10.0 Å². The number of hydrogen-bond acceptors (Lipinski definition) is 4. The maximum absolute atomic E-state index is 12.5. The molecular formula is C14H21ClN2O3S. The molecule has 21 heavy (non-hydrogen) atoms. The Bertz CT molecular complexity index is 592. The fourth-order valence-electron chi connectivity index (χ4n) is 2.61. The van der Waals surface area contributed by atoms with Crippen molar-refractivity contribution >= 4 is 21.6 Å². The summed E-state index contributed by atoms with van der Waals surface area (Å²) < 4.78 is 33.0. The molecule has 2 atom stereocenters. The quantitative estimate of drug-likeness (QED) is 0.835. The Kier molecular flexibility index (Phi) is 5.62. The summed E-state index contributed by atoms with van der Waals surface area (Å²) in [5, 5.41) is 3.23. The minimum atomic E-state index is -3.61. The molecule has 0 radical (unpaired) electrons. The molecule has 0 aromatic heterocycles. The first-order valence-corrected chi connectivity index (χ1v) is 8.80. The molecule has 1 fully saturated rings. The highest BCUT2D eigenvalue weighted by atomic mass is 35.5. The van der Waals surface area contributed by atoms with Gasteiger partial charge in [0.2, 0.25) is 10.0 Å². The molecule has 0 heterocycles. The van der Waals surface area contributed by atoms with Gasteiger partial charge in [0.25, 0.3) is 0 Å². The first-order valence-electron chi connectivity index (χ1n) is 6.94. The molecule has 5 nitrogen and oxygen atoms in total. The average molecular weight is 333 g/mol. The molecule has 2 unspecified atom stereocenters. The van der Waals surface area contributed by atoms with E-state index in [9.17, 15) is 8.42 Å². The number of benzene rings is 1. The summed E-state index contributed by atoms with van der Waals surface area (Å²) in [6, 6.07) is 4.96. The average Bonchev–Trinajstić information content (AvgIpc) is 2.88.